The van der Waals surface area contributed by atoms with E-state index in [4.69, 9.17) is 10.1 Å². The summed E-state index contributed by atoms with van der Waals surface area (Å²) in [7, 11) is 1.59. The number of anilines is 2. The molecule has 0 fully saturated rings. The first-order valence-electron chi connectivity index (χ1n) is 8.09. The quantitative estimate of drug-likeness (QED) is 0.463. The van der Waals surface area contributed by atoms with Gasteiger partial charge in [0.25, 0.3) is 0 Å². The van der Waals surface area contributed by atoms with Crippen LogP contribution < -0.4 is 15.4 Å². The molecule has 0 heterocycles. The topological polar surface area (TPSA) is 57.1 Å². The van der Waals surface area contributed by atoms with E-state index in [-0.39, 0.29) is 11.8 Å². The molecule has 3 N–H and O–H groups in total. The van der Waals surface area contributed by atoms with Crippen LogP contribution in [-0.4, -0.2) is 13.1 Å². The van der Waals surface area contributed by atoms with Crippen molar-refractivity contribution in [2.75, 3.05) is 17.7 Å². The maximum atomic E-state index is 13.9. The van der Waals surface area contributed by atoms with Gasteiger partial charge in [0.05, 0.1) is 12.8 Å². The van der Waals surface area contributed by atoms with Crippen LogP contribution in [0.3, 0.4) is 0 Å². The molecule has 0 saturated heterocycles. The molecule has 0 saturated carbocycles. The minimum Gasteiger partial charge on any atom is -0.495 e. The fourth-order valence-electron chi connectivity index (χ4n) is 2.74. The number of rotatable bonds is 4. The van der Waals surface area contributed by atoms with Crippen LogP contribution in [0.5, 0.6) is 5.75 Å². The molecule has 3 aromatic carbocycles. The lowest BCUT2D eigenvalue weighted by Crippen LogP contribution is -2.21. The zero-order valence-electron chi connectivity index (χ0n) is 14.2. The number of halogens is 1. The summed E-state index contributed by atoms with van der Waals surface area (Å²) in [5.74, 6) is 0.467. The summed E-state index contributed by atoms with van der Waals surface area (Å²) in [5, 5.41) is 15.5. The molecular formula is C20H20FN3O. The monoisotopic (exact) mass is 337 g/mol. The normalized spacial score (nSPS) is 10.5. The van der Waals surface area contributed by atoms with Crippen LogP contribution in [0.15, 0.2) is 54.6 Å². The molecule has 0 unspecified atom stereocenters. The molecule has 0 aliphatic heterocycles. The molecule has 25 heavy (non-hydrogen) atoms. The van der Waals surface area contributed by atoms with Gasteiger partial charge in [0.2, 0.25) is 0 Å². The first-order chi connectivity index (χ1) is 12.1. The predicted molar refractivity (Wildman–Crippen MR) is 101 cm³/mol. The van der Waals surface area contributed by atoms with E-state index in [0.29, 0.717) is 22.5 Å². The zero-order chi connectivity index (χ0) is 17.8. The Kier molecular flexibility index (Phi) is 4.84. The van der Waals surface area contributed by atoms with Gasteiger partial charge >= 0.3 is 0 Å². The van der Waals surface area contributed by atoms with Crippen LogP contribution in [-0.2, 0) is 6.42 Å². The Labute approximate surface area is 146 Å². The van der Waals surface area contributed by atoms with Gasteiger partial charge in [-0.1, -0.05) is 37.3 Å². The largest absolute Gasteiger partial charge is 0.495 e. The van der Waals surface area contributed by atoms with Gasteiger partial charge in [-0.3, -0.25) is 5.41 Å². The molecule has 0 aromatic heterocycles. The molecule has 0 amide bonds. The molecule has 0 radical (unpaired) electrons. The average Bonchev–Trinajstić information content (AvgIpc) is 2.64. The third-order valence-corrected chi connectivity index (χ3v) is 4.06. The van der Waals surface area contributed by atoms with Gasteiger partial charge in [-0.15, -0.1) is 0 Å². The van der Waals surface area contributed by atoms with Crippen LogP contribution in [0.1, 0.15) is 12.5 Å². The second kappa shape index (κ2) is 7.21. The summed E-state index contributed by atoms with van der Waals surface area (Å²) < 4.78 is 19.3. The second-order valence-corrected chi connectivity index (χ2v) is 5.65. The molecule has 5 heteroatoms. The smallest absolute Gasteiger partial charge is 0.197 e. The molecule has 128 valence electrons. The minimum atomic E-state index is -0.280. The molecule has 0 bridgehead atoms. The van der Waals surface area contributed by atoms with E-state index in [2.05, 4.69) is 17.6 Å². The fourth-order valence-corrected chi connectivity index (χ4v) is 2.74. The van der Waals surface area contributed by atoms with Crippen molar-refractivity contribution in [1.29, 1.82) is 5.41 Å². The number of hydrogen-bond donors (Lipinski definition) is 3. The Morgan fingerprint density at radius 1 is 1.00 bits per heavy atom. The first-order valence-corrected chi connectivity index (χ1v) is 8.09. The van der Waals surface area contributed by atoms with Gasteiger partial charge in [-0.2, -0.15) is 0 Å². The predicted octanol–water partition coefficient (Wildman–Crippen LogP) is 5.01. The van der Waals surface area contributed by atoms with Gasteiger partial charge in [0.1, 0.15) is 11.6 Å². The zero-order valence-corrected chi connectivity index (χ0v) is 14.2. The molecule has 0 spiro atoms. The van der Waals surface area contributed by atoms with Gasteiger partial charge in [0.15, 0.2) is 5.96 Å². The summed E-state index contributed by atoms with van der Waals surface area (Å²) >= 11 is 0. The third kappa shape index (κ3) is 3.55. The van der Waals surface area contributed by atoms with Crippen molar-refractivity contribution in [2.24, 2.45) is 0 Å². The molecule has 0 aliphatic carbocycles. The van der Waals surface area contributed by atoms with Crippen LogP contribution in [0.25, 0.3) is 10.8 Å². The summed E-state index contributed by atoms with van der Waals surface area (Å²) in [6, 6.07) is 16.0. The van der Waals surface area contributed by atoms with Crippen molar-refractivity contribution < 1.29 is 9.13 Å². The summed E-state index contributed by atoms with van der Waals surface area (Å²) in [6.07, 6.45) is 0.891. The summed E-state index contributed by atoms with van der Waals surface area (Å²) in [5.41, 5.74) is 2.52. The lowest BCUT2D eigenvalue weighted by atomic mass is 10.1. The van der Waals surface area contributed by atoms with E-state index in [1.807, 2.05) is 30.3 Å². The lowest BCUT2D eigenvalue weighted by Gasteiger charge is -2.15. The molecule has 0 atom stereocenters. The Bertz CT molecular complexity index is 924. The highest BCUT2D eigenvalue weighted by molar-refractivity contribution is 6.07. The van der Waals surface area contributed by atoms with Gasteiger partial charge in [-0.25, -0.2) is 4.39 Å². The van der Waals surface area contributed by atoms with Crippen LogP contribution >= 0.6 is 0 Å². The SMILES string of the molecule is CCc1ccc(OC)c(NC(=N)Nc2ccc(F)c3ccccc23)c1. The molecular weight excluding hydrogens is 317 g/mol. The van der Waals surface area contributed by atoms with Crippen molar-refractivity contribution in [3.63, 3.8) is 0 Å². The number of guanidine groups is 1. The number of ether oxygens (including phenoxy) is 1. The highest BCUT2D eigenvalue weighted by Gasteiger charge is 2.09. The Hall–Kier alpha value is -3.08. The number of aryl methyl sites for hydroxylation is 1. The molecule has 3 aromatic rings. The molecule has 3 rings (SSSR count). The van der Waals surface area contributed by atoms with E-state index in [1.54, 1.807) is 25.3 Å². The van der Waals surface area contributed by atoms with E-state index in [1.165, 1.54) is 6.07 Å². The second-order valence-electron chi connectivity index (χ2n) is 5.65. The molecule has 0 aliphatic rings. The number of methoxy groups -OCH3 is 1. The highest BCUT2D eigenvalue weighted by atomic mass is 19.1. The first kappa shape index (κ1) is 16.8. The molecule has 4 nitrogen and oxygen atoms in total. The number of hydrogen-bond acceptors (Lipinski definition) is 2. The number of nitrogens with one attached hydrogen (secondary N) is 3. The maximum Gasteiger partial charge on any atom is 0.197 e. The van der Waals surface area contributed by atoms with Gasteiger partial charge in [0, 0.05) is 16.5 Å². The van der Waals surface area contributed by atoms with Crippen molar-refractivity contribution in [2.45, 2.75) is 13.3 Å². The fraction of sp³-hybridized carbons (Fsp3) is 0.150. The van der Waals surface area contributed by atoms with Crippen molar-refractivity contribution in [3.8, 4) is 5.75 Å². The van der Waals surface area contributed by atoms with E-state index < -0.39 is 0 Å². The number of fused-ring (bicyclic) bond motifs is 1. The Morgan fingerprint density at radius 2 is 1.72 bits per heavy atom. The van der Waals surface area contributed by atoms with Crippen molar-refractivity contribution in [1.82, 2.24) is 0 Å². The van der Waals surface area contributed by atoms with Crippen LogP contribution in [0.4, 0.5) is 15.8 Å². The van der Waals surface area contributed by atoms with E-state index in [9.17, 15) is 4.39 Å². The maximum absolute atomic E-state index is 13.9. The van der Waals surface area contributed by atoms with Gasteiger partial charge < -0.3 is 15.4 Å². The van der Waals surface area contributed by atoms with Crippen LogP contribution in [0.2, 0.25) is 0 Å². The Morgan fingerprint density at radius 3 is 2.44 bits per heavy atom. The average molecular weight is 337 g/mol. The minimum absolute atomic E-state index is 0.0864. The Balaban J connectivity index is 1.86. The van der Waals surface area contributed by atoms with Crippen LogP contribution in [0, 0.1) is 11.2 Å². The standard InChI is InChI=1S/C20H20FN3O/c1-3-13-8-11-19(25-2)18(12-13)24-20(22)23-17-10-9-16(21)14-6-4-5-7-15(14)17/h4-12H,3H2,1-2H3,(H3,22,23,24). The van der Waals surface area contributed by atoms with E-state index >= 15 is 0 Å². The summed E-state index contributed by atoms with van der Waals surface area (Å²) in [4.78, 5) is 0. The van der Waals surface area contributed by atoms with E-state index in [0.717, 1.165) is 17.4 Å². The number of benzene rings is 3. The van der Waals surface area contributed by atoms with Crippen molar-refractivity contribution >= 4 is 28.1 Å². The third-order valence-electron chi connectivity index (χ3n) is 4.06. The highest BCUT2D eigenvalue weighted by Crippen LogP contribution is 2.28. The van der Waals surface area contributed by atoms with Crippen molar-refractivity contribution in [3.05, 3.63) is 66.0 Å². The van der Waals surface area contributed by atoms with Gasteiger partial charge in [-0.05, 0) is 36.2 Å². The summed E-state index contributed by atoms with van der Waals surface area (Å²) in [6.45, 7) is 2.07. The lowest BCUT2D eigenvalue weighted by molar-refractivity contribution is 0.417.